The van der Waals surface area contributed by atoms with Crippen LogP contribution >= 0.6 is 22.6 Å². The first-order chi connectivity index (χ1) is 21.2. The van der Waals surface area contributed by atoms with E-state index in [9.17, 15) is 0 Å². The SMILES string of the molecule is CC(C)(C)c1ccc(C(c2ccc(OCCCCCCI)cc2)(c2ccc(C(C)(C)C)cc2)c2ccc(C(C)(C)C)cc2)cc1. The third-order valence-electron chi connectivity index (χ3n) is 9.14. The fourth-order valence-electron chi connectivity index (χ4n) is 6.20. The molecule has 0 radical (unpaired) electrons. The molecule has 2 heteroatoms. The first-order valence-corrected chi connectivity index (χ1v) is 18.3. The van der Waals surface area contributed by atoms with Crippen molar-refractivity contribution in [3.8, 4) is 5.75 Å². The number of ether oxygens (including phenoxy) is 1. The zero-order chi connectivity index (χ0) is 32.9. The maximum atomic E-state index is 6.23. The zero-order valence-electron chi connectivity index (χ0n) is 29.3. The van der Waals surface area contributed by atoms with Crippen LogP contribution in [-0.2, 0) is 21.7 Å². The molecule has 0 aliphatic carbocycles. The third-order valence-corrected chi connectivity index (χ3v) is 9.90. The summed E-state index contributed by atoms with van der Waals surface area (Å²) in [6, 6.07) is 37.0. The summed E-state index contributed by atoms with van der Waals surface area (Å²) < 4.78 is 7.46. The van der Waals surface area contributed by atoms with E-state index in [1.807, 2.05) is 0 Å². The van der Waals surface area contributed by atoms with Gasteiger partial charge in [0.05, 0.1) is 12.0 Å². The molecule has 0 heterocycles. The Morgan fingerprint density at radius 3 is 1.00 bits per heavy atom. The lowest BCUT2D eigenvalue weighted by Crippen LogP contribution is -2.31. The predicted octanol–water partition coefficient (Wildman–Crippen LogP) is 12.3. The third kappa shape index (κ3) is 8.42. The average Bonchev–Trinajstić information content (AvgIpc) is 2.99. The van der Waals surface area contributed by atoms with Crippen LogP contribution in [-0.4, -0.2) is 11.0 Å². The lowest BCUT2D eigenvalue weighted by Gasteiger charge is -2.38. The highest BCUT2D eigenvalue weighted by Crippen LogP contribution is 2.47. The van der Waals surface area contributed by atoms with E-state index in [1.165, 1.54) is 62.6 Å². The minimum Gasteiger partial charge on any atom is -0.494 e. The molecule has 240 valence electrons. The highest BCUT2D eigenvalue weighted by molar-refractivity contribution is 14.1. The molecule has 0 aliphatic rings. The van der Waals surface area contributed by atoms with Crippen LogP contribution in [0.4, 0.5) is 0 Å². The van der Waals surface area contributed by atoms with Crippen molar-refractivity contribution in [2.24, 2.45) is 0 Å². The summed E-state index contributed by atoms with van der Waals surface area (Å²) in [5.41, 5.74) is 8.82. The van der Waals surface area contributed by atoms with Crippen LogP contribution < -0.4 is 4.74 Å². The number of rotatable bonds is 11. The van der Waals surface area contributed by atoms with Gasteiger partial charge in [0, 0.05) is 0 Å². The van der Waals surface area contributed by atoms with Crippen LogP contribution in [0.25, 0.3) is 0 Å². The highest BCUT2D eigenvalue weighted by Gasteiger charge is 2.39. The van der Waals surface area contributed by atoms with Crippen molar-refractivity contribution >= 4 is 22.6 Å². The minimum absolute atomic E-state index is 0.0824. The van der Waals surface area contributed by atoms with Crippen molar-refractivity contribution in [2.45, 2.75) is 110 Å². The minimum atomic E-state index is -0.499. The smallest absolute Gasteiger partial charge is 0.119 e. The lowest BCUT2D eigenvalue weighted by molar-refractivity contribution is 0.305. The Morgan fingerprint density at radius 2 is 0.689 bits per heavy atom. The number of hydrogen-bond acceptors (Lipinski definition) is 1. The van der Waals surface area contributed by atoms with Gasteiger partial charge < -0.3 is 4.74 Å². The number of alkyl halides is 1. The van der Waals surface area contributed by atoms with Crippen LogP contribution in [0.1, 0.15) is 127 Å². The van der Waals surface area contributed by atoms with E-state index in [0.717, 1.165) is 18.8 Å². The molecule has 0 spiro atoms. The van der Waals surface area contributed by atoms with Gasteiger partial charge in [0.2, 0.25) is 0 Å². The molecule has 0 aromatic heterocycles. The maximum absolute atomic E-state index is 6.23. The molecule has 0 amide bonds. The fraction of sp³-hybridized carbons (Fsp3) is 0.442. The molecular weight excluding hydrogens is 659 g/mol. The van der Waals surface area contributed by atoms with Gasteiger partial charge >= 0.3 is 0 Å². The van der Waals surface area contributed by atoms with Crippen LogP contribution in [0.15, 0.2) is 97.1 Å². The van der Waals surface area contributed by atoms with E-state index in [-0.39, 0.29) is 16.2 Å². The molecule has 0 aliphatic heterocycles. The Bertz CT molecular complexity index is 1330. The van der Waals surface area contributed by atoms with Crippen molar-refractivity contribution in [1.82, 2.24) is 0 Å². The van der Waals surface area contributed by atoms with Gasteiger partial charge in [-0.05, 0) is 84.6 Å². The second kappa shape index (κ2) is 14.4. The highest BCUT2D eigenvalue weighted by atomic mass is 127. The van der Waals surface area contributed by atoms with Crippen molar-refractivity contribution in [2.75, 3.05) is 11.0 Å². The van der Waals surface area contributed by atoms with E-state index >= 15 is 0 Å². The predicted molar refractivity (Wildman–Crippen MR) is 204 cm³/mol. The Morgan fingerprint density at radius 1 is 0.400 bits per heavy atom. The summed E-state index contributed by atoms with van der Waals surface area (Å²) in [5.74, 6) is 0.941. The summed E-state index contributed by atoms with van der Waals surface area (Å²) >= 11 is 2.46. The van der Waals surface area contributed by atoms with Gasteiger partial charge in [-0.3, -0.25) is 0 Å². The molecule has 0 unspecified atom stereocenters. The second-order valence-corrected chi connectivity index (χ2v) is 16.8. The summed E-state index contributed by atoms with van der Waals surface area (Å²) in [4.78, 5) is 0. The normalized spacial score (nSPS) is 12.8. The van der Waals surface area contributed by atoms with E-state index in [1.54, 1.807) is 0 Å². The second-order valence-electron chi connectivity index (χ2n) is 15.7. The first kappa shape index (κ1) is 35.3. The van der Waals surface area contributed by atoms with Gasteiger partial charge in [-0.15, -0.1) is 0 Å². The van der Waals surface area contributed by atoms with E-state index < -0.39 is 5.41 Å². The lowest BCUT2D eigenvalue weighted by atomic mass is 9.64. The van der Waals surface area contributed by atoms with E-state index in [4.69, 9.17) is 4.74 Å². The Labute approximate surface area is 288 Å². The van der Waals surface area contributed by atoms with E-state index in [2.05, 4.69) is 182 Å². The summed E-state index contributed by atoms with van der Waals surface area (Å²) in [6.45, 7) is 21.3. The summed E-state index contributed by atoms with van der Waals surface area (Å²) in [6.07, 6.45) is 4.90. The van der Waals surface area contributed by atoms with Crippen molar-refractivity contribution < 1.29 is 4.74 Å². The van der Waals surface area contributed by atoms with Crippen molar-refractivity contribution in [3.05, 3.63) is 136 Å². The van der Waals surface area contributed by atoms with Crippen molar-refractivity contribution in [1.29, 1.82) is 0 Å². The molecule has 0 atom stereocenters. The Balaban J connectivity index is 1.90. The average molecular weight is 715 g/mol. The Kier molecular flexibility index (Phi) is 11.3. The summed E-state index contributed by atoms with van der Waals surface area (Å²) in [7, 11) is 0. The molecule has 4 aromatic rings. The van der Waals surface area contributed by atoms with Crippen LogP contribution in [0.2, 0.25) is 0 Å². The molecule has 1 nitrogen and oxygen atoms in total. The topological polar surface area (TPSA) is 9.23 Å². The molecule has 0 bridgehead atoms. The van der Waals surface area contributed by atoms with Gasteiger partial charge in [0.15, 0.2) is 0 Å². The molecule has 0 saturated carbocycles. The molecule has 4 aromatic carbocycles. The molecular formula is C43H55IO. The van der Waals surface area contributed by atoms with Crippen LogP contribution in [0.3, 0.4) is 0 Å². The van der Waals surface area contributed by atoms with Gasteiger partial charge in [-0.1, -0.05) is 183 Å². The molecule has 0 fully saturated rings. The maximum Gasteiger partial charge on any atom is 0.119 e. The van der Waals surface area contributed by atoms with Crippen LogP contribution in [0.5, 0.6) is 5.75 Å². The number of halogens is 1. The number of benzene rings is 4. The quantitative estimate of drug-likeness (QED) is 0.0650. The summed E-state index contributed by atoms with van der Waals surface area (Å²) in [5, 5.41) is 0. The number of hydrogen-bond donors (Lipinski definition) is 0. The van der Waals surface area contributed by atoms with Gasteiger partial charge in [0.1, 0.15) is 5.75 Å². The fourth-order valence-corrected chi connectivity index (χ4v) is 6.74. The molecule has 0 saturated heterocycles. The molecule has 0 N–H and O–H groups in total. The number of unbranched alkanes of at least 4 members (excludes halogenated alkanes) is 3. The molecule has 45 heavy (non-hydrogen) atoms. The first-order valence-electron chi connectivity index (χ1n) is 16.8. The monoisotopic (exact) mass is 714 g/mol. The van der Waals surface area contributed by atoms with Crippen LogP contribution in [0, 0.1) is 0 Å². The zero-order valence-corrected chi connectivity index (χ0v) is 31.4. The van der Waals surface area contributed by atoms with Gasteiger partial charge in [-0.25, -0.2) is 0 Å². The Hall–Kier alpha value is -2.59. The van der Waals surface area contributed by atoms with Gasteiger partial charge in [0.25, 0.3) is 0 Å². The molecule has 4 rings (SSSR count). The van der Waals surface area contributed by atoms with Gasteiger partial charge in [-0.2, -0.15) is 0 Å². The standard InChI is InChI=1S/C43H55IO/c1-40(2,3)32-14-20-35(21-15-32)43(36-22-16-33(17-23-36)41(4,5)6,37-24-18-34(19-25-37)42(7,8)9)38-26-28-39(29-27-38)45-31-13-11-10-12-30-44/h14-29H,10-13,30-31H2,1-9H3. The van der Waals surface area contributed by atoms with E-state index in [0.29, 0.717) is 0 Å². The van der Waals surface area contributed by atoms with Crippen molar-refractivity contribution in [3.63, 3.8) is 0 Å². The largest absolute Gasteiger partial charge is 0.494 e.